The van der Waals surface area contributed by atoms with Crippen LogP contribution in [0.4, 0.5) is 0 Å². The number of hydrogen-bond acceptors (Lipinski definition) is 3. The van der Waals surface area contributed by atoms with Crippen LogP contribution in [0.5, 0.6) is 0 Å². The lowest BCUT2D eigenvalue weighted by Gasteiger charge is -2.31. The van der Waals surface area contributed by atoms with Gasteiger partial charge in [-0.25, -0.2) is 4.98 Å². The number of carbonyl (C=O) groups is 1. The molecule has 0 aliphatic rings. The molecule has 0 saturated heterocycles. The fourth-order valence-electron chi connectivity index (χ4n) is 1.67. The molecule has 0 aromatic carbocycles. The van der Waals surface area contributed by atoms with Crippen LogP contribution >= 0.6 is 23.2 Å². The third kappa shape index (κ3) is 4.64. The molecule has 6 heteroatoms. The Balaban J connectivity index is 2.88. The van der Waals surface area contributed by atoms with Crippen molar-refractivity contribution >= 4 is 29.1 Å². The molecule has 1 heterocycles. The van der Waals surface area contributed by atoms with Crippen molar-refractivity contribution in [2.24, 2.45) is 5.41 Å². The number of halogens is 2. The number of aliphatic hydroxyl groups is 1. The average Bonchev–Trinajstić information content (AvgIpc) is 2.26. The molecule has 1 aromatic rings. The second-order valence-electron chi connectivity index (χ2n) is 5.38. The van der Waals surface area contributed by atoms with Crippen molar-refractivity contribution in [3.8, 4) is 0 Å². The Morgan fingerprint density at radius 2 is 2.05 bits per heavy atom. The highest BCUT2D eigenvalue weighted by Gasteiger charge is 2.26. The van der Waals surface area contributed by atoms with Gasteiger partial charge < -0.3 is 10.4 Å². The van der Waals surface area contributed by atoms with E-state index in [1.54, 1.807) is 0 Å². The van der Waals surface area contributed by atoms with Gasteiger partial charge in [0, 0.05) is 12.6 Å². The van der Waals surface area contributed by atoms with Crippen molar-refractivity contribution in [3.63, 3.8) is 0 Å². The van der Waals surface area contributed by atoms with Crippen LogP contribution in [0.2, 0.25) is 10.3 Å². The molecule has 19 heavy (non-hydrogen) atoms. The zero-order chi connectivity index (χ0) is 14.6. The van der Waals surface area contributed by atoms with E-state index in [1.165, 1.54) is 12.1 Å². The largest absolute Gasteiger partial charge is 0.396 e. The maximum atomic E-state index is 12.1. The minimum atomic E-state index is -0.317. The average molecular weight is 305 g/mol. The number of aromatic nitrogens is 1. The first kappa shape index (κ1) is 16.2. The topological polar surface area (TPSA) is 62.2 Å². The molecule has 0 aliphatic carbocycles. The minimum absolute atomic E-state index is 0.00875. The van der Waals surface area contributed by atoms with E-state index in [0.717, 1.165) is 0 Å². The fraction of sp³-hybridized carbons (Fsp3) is 0.538. The second kappa shape index (κ2) is 6.55. The van der Waals surface area contributed by atoms with Crippen LogP contribution in [0.1, 0.15) is 37.6 Å². The Bertz CT molecular complexity index is 458. The number of pyridine rings is 1. The van der Waals surface area contributed by atoms with Crippen LogP contribution in [0.3, 0.4) is 0 Å². The quantitative estimate of drug-likeness (QED) is 0.841. The monoisotopic (exact) mass is 304 g/mol. The van der Waals surface area contributed by atoms with Gasteiger partial charge in [-0.2, -0.15) is 0 Å². The summed E-state index contributed by atoms with van der Waals surface area (Å²) < 4.78 is 0. The van der Waals surface area contributed by atoms with Crippen molar-refractivity contribution in [2.75, 3.05) is 6.61 Å². The molecule has 0 aliphatic heterocycles. The number of hydrogen-bond donors (Lipinski definition) is 2. The van der Waals surface area contributed by atoms with Gasteiger partial charge in [-0.15, -0.1) is 0 Å². The summed E-state index contributed by atoms with van der Waals surface area (Å²) in [6.07, 6.45) is 0.480. The summed E-state index contributed by atoms with van der Waals surface area (Å²) in [7, 11) is 0. The minimum Gasteiger partial charge on any atom is -0.396 e. The van der Waals surface area contributed by atoms with E-state index in [-0.39, 0.29) is 39.8 Å². The van der Waals surface area contributed by atoms with Crippen LogP contribution in [-0.4, -0.2) is 28.6 Å². The van der Waals surface area contributed by atoms with E-state index in [9.17, 15) is 4.79 Å². The molecule has 1 rings (SSSR count). The van der Waals surface area contributed by atoms with Gasteiger partial charge in [-0.3, -0.25) is 4.79 Å². The van der Waals surface area contributed by atoms with E-state index >= 15 is 0 Å². The third-order valence-corrected chi connectivity index (χ3v) is 3.33. The van der Waals surface area contributed by atoms with E-state index in [2.05, 4.69) is 10.3 Å². The summed E-state index contributed by atoms with van der Waals surface area (Å²) in [4.78, 5) is 16.0. The summed E-state index contributed by atoms with van der Waals surface area (Å²) >= 11 is 11.6. The molecule has 0 saturated carbocycles. The summed E-state index contributed by atoms with van der Waals surface area (Å²) in [6, 6.07) is 2.89. The lowest BCUT2D eigenvalue weighted by Crippen LogP contribution is -2.44. The number of carbonyl (C=O) groups excluding carboxylic acids is 1. The van der Waals surface area contributed by atoms with Gasteiger partial charge in [-0.05, 0) is 24.0 Å². The van der Waals surface area contributed by atoms with Crippen LogP contribution in [0.15, 0.2) is 12.1 Å². The van der Waals surface area contributed by atoms with Crippen LogP contribution in [-0.2, 0) is 0 Å². The van der Waals surface area contributed by atoms with Gasteiger partial charge in [0.05, 0.1) is 5.56 Å². The molecule has 1 atom stereocenters. The van der Waals surface area contributed by atoms with Crippen molar-refractivity contribution in [3.05, 3.63) is 28.0 Å². The molecule has 0 spiro atoms. The zero-order valence-corrected chi connectivity index (χ0v) is 12.7. The van der Waals surface area contributed by atoms with Crippen molar-refractivity contribution in [1.82, 2.24) is 10.3 Å². The van der Waals surface area contributed by atoms with Gasteiger partial charge in [0.2, 0.25) is 0 Å². The molecule has 0 bridgehead atoms. The number of nitrogens with one attached hydrogen (secondary N) is 1. The van der Waals surface area contributed by atoms with Crippen molar-refractivity contribution < 1.29 is 9.90 Å². The standard InChI is InChI=1S/C13H18Cl2N2O2/c1-13(2,3)9(6-7-18)16-12(19)8-4-5-10(14)17-11(8)15/h4-5,9,18H,6-7H2,1-3H3,(H,16,19). The third-order valence-electron chi connectivity index (χ3n) is 2.83. The molecule has 4 nitrogen and oxygen atoms in total. The Hall–Kier alpha value is -0.840. The van der Waals surface area contributed by atoms with E-state index in [0.29, 0.717) is 6.42 Å². The Morgan fingerprint density at radius 3 is 2.53 bits per heavy atom. The first-order chi connectivity index (χ1) is 8.75. The molecule has 2 N–H and O–H groups in total. The molecule has 1 aromatic heterocycles. The molecule has 1 unspecified atom stereocenters. The van der Waals surface area contributed by atoms with E-state index in [4.69, 9.17) is 28.3 Å². The van der Waals surface area contributed by atoms with Crippen molar-refractivity contribution in [2.45, 2.75) is 33.2 Å². The van der Waals surface area contributed by atoms with E-state index < -0.39 is 0 Å². The molecular weight excluding hydrogens is 287 g/mol. The summed E-state index contributed by atoms with van der Waals surface area (Å²) in [5.74, 6) is -0.317. The smallest absolute Gasteiger partial charge is 0.254 e. The molecule has 0 fully saturated rings. The van der Waals surface area contributed by atoms with Crippen molar-refractivity contribution in [1.29, 1.82) is 0 Å². The van der Waals surface area contributed by atoms with Crippen LogP contribution < -0.4 is 5.32 Å². The molecule has 106 valence electrons. The summed E-state index contributed by atoms with van der Waals surface area (Å²) in [5.41, 5.74) is 0.114. The fourth-order valence-corrected chi connectivity index (χ4v) is 2.10. The number of nitrogens with zero attached hydrogens (tertiary/aromatic N) is 1. The van der Waals surface area contributed by atoms with E-state index in [1.807, 2.05) is 20.8 Å². The Morgan fingerprint density at radius 1 is 1.42 bits per heavy atom. The highest BCUT2D eigenvalue weighted by Crippen LogP contribution is 2.23. The SMILES string of the molecule is CC(C)(C)C(CCO)NC(=O)c1ccc(Cl)nc1Cl. The predicted octanol–water partition coefficient (Wildman–Crippen LogP) is 2.92. The predicted molar refractivity (Wildman–Crippen MR) is 76.7 cm³/mol. The van der Waals surface area contributed by atoms with Gasteiger partial charge in [-0.1, -0.05) is 44.0 Å². The Kier molecular flexibility index (Phi) is 5.59. The van der Waals surface area contributed by atoms with Crippen LogP contribution in [0.25, 0.3) is 0 Å². The lowest BCUT2D eigenvalue weighted by molar-refractivity contribution is 0.0885. The number of amides is 1. The first-order valence-corrected chi connectivity index (χ1v) is 6.75. The highest BCUT2D eigenvalue weighted by molar-refractivity contribution is 6.34. The maximum absolute atomic E-state index is 12.1. The maximum Gasteiger partial charge on any atom is 0.254 e. The molecule has 0 radical (unpaired) electrons. The Labute approximate surface area is 123 Å². The number of aliphatic hydroxyl groups excluding tert-OH is 1. The summed E-state index contributed by atoms with van der Waals surface area (Å²) in [5, 5.41) is 12.2. The zero-order valence-electron chi connectivity index (χ0n) is 11.2. The summed E-state index contributed by atoms with van der Waals surface area (Å²) in [6.45, 7) is 5.99. The van der Waals surface area contributed by atoms with Crippen LogP contribution in [0, 0.1) is 5.41 Å². The molecule has 1 amide bonds. The first-order valence-electron chi connectivity index (χ1n) is 5.99. The number of rotatable bonds is 4. The normalized spacial score (nSPS) is 13.2. The van der Waals surface area contributed by atoms with Gasteiger partial charge in [0.1, 0.15) is 10.3 Å². The second-order valence-corrected chi connectivity index (χ2v) is 6.12. The highest BCUT2D eigenvalue weighted by atomic mass is 35.5. The molecular formula is C13H18Cl2N2O2. The van der Waals surface area contributed by atoms with Gasteiger partial charge >= 0.3 is 0 Å². The van der Waals surface area contributed by atoms with Gasteiger partial charge in [0.25, 0.3) is 5.91 Å². The lowest BCUT2D eigenvalue weighted by atomic mass is 9.85. The van der Waals surface area contributed by atoms with Gasteiger partial charge in [0.15, 0.2) is 0 Å².